The molecule has 34 heavy (non-hydrogen) atoms. The molecule has 0 atom stereocenters. The zero-order valence-electron chi connectivity index (χ0n) is 18.6. The Morgan fingerprint density at radius 2 is 1.79 bits per heavy atom. The number of carbonyl (C=O) groups is 1. The van der Waals surface area contributed by atoms with Gasteiger partial charge in [0.05, 0.1) is 26.2 Å². The van der Waals surface area contributed by atoms with E-state index in [1.807, 2.05) is 53.1 Å². The van der Waals surface area contributed by atoms with E-state index >= 15 is 0 Å². The van der Waals surface area contributed by atoms with Gasteiger partial charge in [0.15, 0.2) is 22.5 Å². The molecule has 0 saturated heterocycles. The number of rotatable bonds is 9. The van der Waals surface area contributed by atoms with Crippen LogP contribution < -0.4 is 14.9 Å². The monoisotopic (exact) mass is 474 g/mol. The van der Waals surface area contributed by atoms with Crippen LogP contribution in [0.3, 0.4) is 0 Å². The molecule has 172 valence electrons. The first kappa shape index (κ1) is 23.0. The summed E-state index contributed by atoms with van der Waals surface area (Å²) in [6.07, 6.45) is 4.88. The normalized spacial score (nSPS) is 10.9. The molecule has 4 aromatic rings. The molecule has 0 bridgehead atoms. The third kappa shape index (κ3) is 5.41. The van der Waals surface area contributed by atoms with Crippen LogP contribution in [0.4, 0.5) is 0 Å². The zero-order valence-corrected chi connectivity index (χ0v) is 19.4. The SMILES string of the molecule is COc1ccc(-c2nnc(SCC(=O)N/N=C\c3ccncc3)n2-c2ccccc2)cc1OC. The van der Waals surface area contributed by atoms with Crippen LogP contribution in [-0.4, -0.2) is 51.8 Å². The Kier molecular flexibility index (Phi) is 7.51. The van der Waals surface area contributed by atoms with Gasteiger partial charge in [0, 0.05) is 23.6 Å². The quantitative estimate of drug-likeness (QED) is 0.225. The summed E-state index contributed by atoms with van der Waals surface area (Å²) in [6.45, 7) is 0. The van der Waals surface area contributed by atoms with Gasteiger partial charge in [-0.05, 0) is 48.0 Å². The van der Waals surface area contributed by atoms with Crippen LogP contribution >= 0.6 is 11.8 Å². The summed E-state index contributed by atoms with van der Waals surface area (Å²) in [7, 11) is 3.17. The topological polar surface area (TPSA) is 104 Å². The van der Waals surface area contributed by atoms with Crippen molar-refractivity contribution < 1.29 is 14.3 Å². The molecule has 0 fully saturated rings. The molecule has 2 aromatic carbocycles. The first-order valence-electron chi connectivity index (χ1n) is 10.3. The minimum Gasteiger partial charge on any atom is -0.493 e. The first-order chi connectivity index (χ1) is 16.7. The predicted molar refractivity (Wildman–Crippen MR) is 131 cm³/mol. The predicted octanol–water partition coefficient (Wildman–Crippen LogP) is 3.59. The third-order valence-electron chi connectivity index (χ3n) is 4.73. The maximum Gasteiger partial charge on any atom is 0.250 e. The molecule has 0 aliphatic rings. The van der Waals surface area contributed by atoms with E-state index in [0.717, 1.165) is 16.8 Å². The standard InChI is InChI=1S/C24H22N6O3S/c1-32-20-9-8-18(14-21(20)33-2)23-28-29-24(30(23)19-6-4-3-5-7-19)34-16-22(31)27-26-15-17-10-12-25-13-11-17/h3-15H,16H2,1-2H3,(H,27,31)/b26-15-. The van der Waals surface area contributed by atoms with Gasteiger partial charge in [0.2, 0.25) is 0 Å². The second-order valence-corrected chi connectivity index (χ2v) is 7.85. The molecule has 10 heteroatoms. The fourth-order valence-electron chi connectivity index (χ4n) is 3.13. The number of thioether (sulfide) groups is 1. The van der Waals surface area contributed by atoms with Crippen molar-refractivity contribution in [1.29, 1.82) is 0 Å². The highest BCUT2D eigenvalue weighted by Crippen LogP contribution is 2.34. The van der Waals surface area contributed by atoms with Crippen molar-refractivity contribution in [2.45, 2.75) is 5.16 Å². The van der Waals surface area contributed by atoms with Crippen molar-refractivity contribution in [3.05, 3.63) is 78.6 Å². The Balaban J connectivity index is 1.56. The second kappa shape index (κ2) is 11.1. The summed E-state index contributed by atoms with van der Waals surface area (Å²) in [5.74, 6) is 1.68. The van der Waals surface area contributed by atoms with E-state index in [2.05, 4.69) is 25.7 Å². The maximum absolute atomic E-state index is 12.3. The van der Waals surface area contributed by atoms with Crippen LogP contribution in [0.1, 0.15) is 5.56 Å². The highest BCUT2D eigenvalue weighted by Gasteiger charge is 2.18. The molecule has 0 radical (unpaired) electrons. The molecule has 0 unspecified atom stereocenters. The Hall–Kier alpha value is -4.18. The van der Waals surface area contributed by atoms with Gasteiger partial charge in [-0.3, -0.25) is 14.3 Å². The van der Waals surface area contributed by atoms with Crippen molar-refractivity contribution in [2.24, 2.45) is 5.10 Å². The molecule has 0 saturated carbocycles. The minimum absolute atomic E-state index is 0.116. The average molecular weight is 475 g/mol. The Labute approximate surface area is 200 Å². The van der Waals surface area contributed by atoms with Gasteiger partial charge >= 0.3 is 0 Å². The molecule has 1 amide bonds. The van der Waals surface area contributed by atoms with E-state index in [4.69, 9.17) is 9.47 Å². The van der Waals surface area contributed by atoms with Crippen molar-refractivity contribution in [3.63, 3.8) is 0 Å². The highest BCUT2D eigenvalue weighted by atomic mass is 32.2. The molecule has 2 heterocycles. The van der Waals surface area contributed by atoms with Gasteiger partial charge in [-0.15, -0.1) is 10.2 Å². The van der Waals surface area contributed by atoms with Crippen molar-refractivity contribution in [3.8, 4) is 28.6 Å². The third-order valence-corrected chi connectivity index (χ3v) is 5.66. The summed E-state index contributed by atoms with van der Waals surface area (Å²) < 4.78 is 12.7. The summed E-state index contributed by atoms with van der Waals surface area (Å²) in [5.41, 5.74) is 5.04. The lowest BCUT2D eigenvalue weighted by Crippen LogP contribution is -2.20. The number of amides is 1. The lowest BCUT2D eigenvalue weighted by Gasteiger charge is -2.12. The number of hydrogen-bond donors (Lipinski definition) is 1. The highest BCUT2D eigenvalue weighted by molar-refractivity contribution is 7.99. The van der Waals surface area contributed by atoms with E-state index in [0.29, 0.717) is 22.5 Å². The number of benzene rings is 2. The molecule has 0 aliphatic heterocycles. The van der Waals surface area contributed by atoms with Crippen LogP contribution in [0.5, 0.6) is 11.5 Å². The first-order valence-corrected chi connectivity index (χ1v) is 11.3. The van der Waals surface area contributed by atoms with Gasteiger partial charge in [0.25, 0.3) is 5.91 Å². The largest absolute Gasteiger partial charge is 0.493 e. The molecule has 0 spiro atoms. The lowest BCUT2D eigenvalue weighted by atomic mass is 10.2. The number of pyridine rings is 1. The number of para-hydroxylation sites is 1. The molecule has 2 aromatic heterocycles. The van der Waals surface area contributed by atoms with E-state index in [1.165, 1.54) is 11.8 Å². The van der Waals surface area contributed by atoms with E-state index < -0.39 is 0 Å². The molecular formula is C24H22N6O3S. The number of nitrogens with zero attached hydrogens (tertiary/aromatic N) is 5. The Bertz CT molecular complexity index is 1280. The number of nitrogens with one attached hydrogen (secondary N) is 1. The van der Waals surface area contributed by atoms with Crippen molar-refractivity contribution in [1.82, 2.24) is 25.2 Å². The number of hydrazone groups is 1. The van der Waals surface area contributed by atoms with Gasteiger partial charge in [-0.25, -0.2) is 5.43 Å². The van der Waals surface area contributed by atoms with Gasteiger partial charge < -0.3 is 9.47 Å². The van der Waals surface area contributed by atoms with Crippen LogP contribution in [0, 0.1) is 0 Å². The maximum atomic E-state index is 12.3. The Morgan fingerprint density at radius 1 is 1.03 bits per heavy atom. The molecule has 4 rings (SSSR count). The van der Waals surface area contributed by atoms with Gasteiger partial charge in [0.1, 0.15) is 0 Å². The van der Waals surface area contributed by atoms with Gasteiger partial charge in [-0.2, -0.15) is 5.10 Å². The van der Waals surface area contributed by atoms with E-state index in [1.54, 1.807) is 45.0 Å². The summed E-state index contributed by atoms with van der Waals surface area (Å²) in [4.78, 5) is 16.3. The van der Waals surface area contributed by atoms with Crippen LogP contribution in [-0.2, 0) is 4.79 Å². The van der Waals surface area contributed by atoms with Crippen molar-refractivity contribution in [2.75, 3.05) is 20.0 Å². The number of aromatic nitrogens is 4. The molecule has 1 N–H and O–H groups in total. The average Bonchev–Trinajstić information content (AvgIpc) is 3.32. The van der Waals surface area contributed by atoms with Crippen LogP contribution in [0.2, 0.25) is 0 Å². The molecule has 0 aliphatic carbocycles. The summed E-state index contributed by atoms with van der Waals surface area (Å²) in [5, 5.41) is 13.3. The minimum atomic E-state index is -0.259. The molecular weight excluding hydrogens is 452 g/mol. The van der Waals surface area contributed by atoms with Crippen LogP contribution in [0.15, 0.2) is 83.3 Å². The lowest BCUT2D eigenvalue weighted by molar-refractivity contribution is -0.118. The number of ether oxygens (including phenoxy) is 2. The number of hydrogen-bond acceptors (Lipinski definition) is 8. The molecule has 9 nitrogen and oxygen atoms in total. The fraction of sp³-hybridized carbons (Fsp3) is 0.125. The van der Waals surface area contributed by atoms with Gasteiger partial charge in [-0.1, -0.05) is 30.0 Å². The number of carbonyl (C=O) groups excluding carboxylic acids is 1. The fourth-order valence-corrected chi connectivity index (χ4v) is 3.87. The zero-order chi connectivity index (χ0) is 23.8. The van der Waals surface area contributed by atoms with E-state index in [-0.39, 0.29) is 11.7 Å². The Morgan fingerprint density at radius 3 is 2.53 bits per heavy atom. The summed E-state index contributed by atoms with van der Waals surface area (Å²) >= 11 is 1.27. The van der Waals surface area contributed by atoms with Crippen LogP contribution in [0.25, 0.3) is 17.1 Å². The number of methoxy groups -OCH3 is 2. The summed E-state index contributed by atoms with van der Waals surface area (Å²) in [6, 6.07) is 18.9. The second-order valence-electron chi connectivity index (χ2n) is 6.91. The van der Waals surface area contributed by atoms with Crippen molar-refractivity contribution >= 4 is 23.9 Å². The van der Waals surface area contributed by atoms with E-state index in [9.17, 15) is 4.79 Å². The smallest absolute Gasteiger partial charge is 0.250 e.